The molecule has 0 amide bonds. The van der Waals surface area contributed by atoms with Crippen LogP contribution in [0.5, 0.6) is 0 Å². The van der Waals surface area contributed by atoms with Crippen molar-refractivity contribution >= 4 is 19.2 Å². The number of benzene rings is 2. The molecule has 0 N–H and O–H groups in total. The molecule has 0 bridgehead atoms. The summed E-state index contributed by atoms with van der Waals surface area (Å²) in [7, 11) is 0.777. The smallest absolute Gasteiger partial charge is 0.0226 e. The van der Waals surface area contributed by atoms with Gasteiger partial charge in [-0.05, 0) is 10.6 Å². The number of hydrogen-bond acceptors (Lipinski definition) is 0. The van der Waals surface area contributed by atoms with Gasteiger partial charge in [-0.25, -0.2) is 0 Å². The molecule has 0 aliphatic heterocycles. The number of rotatable bonds is 4. The molecule has 2 aromatic carbocycles. The van der Waals surface area contributed by atoms with E-state index in [-0.39, 0.29) is 24.8 Å². The van der Waals surface area contributed by atoms with Gasteiger partial charge in [0, 0.05) is 0 Å². The largest absolute Gasteiger partial charge is 1.00 e. The van der Waals surface area contributed by atoms with Crippen molar-refractivity contribution in [1.29, 1.82) is 0 Å². The minimum atomic E-state index is 0. The van der Waals surface area contributed by atoms with Crippen molar-refractivity contribution in [2.45, 2.75) is 12.8 Å². The fraction of sp³-hybridized carbons (Fsp3) is 0.0909. The van der Waals surface area contributed by atoms with Gasteiger partial charge in [-0.1, -0.05) is 69.2 Å². The molecule has 2 aromatic rings. The van der Waals surface area contributed by atoms with Gasteiger partial charge in [-0.3, -0.25) is 0 Å². The molecule has 0 saturated carbocycles. The molecule has 0 spiro atoms. The first-order chi connectivity index (χ1) is 11.9. The number of halogens is 2. The molecule has 0 unspecified atom stereocenters. The monoisotopic (exact) mass is 442 g/mol. The summed E-state index contributed by atoms with van der Waals surface area (Å²) >= 11 is 1.18. The van der Waals surface area contributed by atoms with E-state index in [0.717, 1.165) is 21.4 Å². The second-order valence-electron chi connectivity index (χ2n) is 5.41. The fourth-order valence-corrected chi connectivity index (χ4v) is 4.71. The molecule has 0 atom stereocenters. The van der Waals surface area contributed by atoms with Crippen LogP contribution in [0.25, 0.3) is 0 Å². The number of allylic oxidation sites excluding steroid dienone is 8. The third kappa shape index (κ3) is 8.09. The van der Waals surface area contributed by atoms with Gasteiger partial charge < -0.3 is 24.8 Å². The van der Waals surface area contributed by atoms with Crippen LogP contribution in [0.15, 0.2) is 106 Å². The Hall–Kier alpha value is -1.07. The third-order valence-electron chi connectivity index (χ3n) is 3.50. The maximum absolute atomic E-state index is 2.24. The average molecular weight is 443 g/mol. The molecule has 2 aliphatic carbocycles. The summed E-state index contributed by atoms with van der Waals surface area (Å²) in [4.78, 5) is 0. The summed E-state index contributed by atoms with van der Waals surface area (Å²) < 4.78 is 3.11. The van der Waals surface area contributed by atoms with Crippen molar-refractivity contribution < 1.29 is 39.8 Å². The van der Waals surface area contributed by atoms with Crippen molar-refractivity contribution in [3.8, 4) is 0 Å². The first kappa shape index (κ1) is 23.0. The summed E-state index contributed by atoms with van der Waals surface area (Å²) in [5.74, 6) is 0. The molecule has 4 heteroatoms. The molecule has 0 fully saturated rings. The van der Waals surface area contributed by atoms with Crippen LogP contribution in [0.4, 0.5) is 0 Å². The van der Waals surface area contributed by atoms with E-state index in [2.05, 4.69) is 97.1 Å². The van der Waals surface area contributed by atoms with E-state index in [4.69, 9.17) is 0 Å². The summed E-state index contributed by atoms with van der Waals surface area (Å²) in [6.45, 7) is 0. The zero-order chi connectivity index (χ0) is 16.5. The van der Waals surface area contributed by atoms with Gasteiger partial charge in [-0.2, -0.15) is 0 Å². The molecule has 136 valence electrons. The Labute approximate surface area is 177 Å². The average Bonchev–Trinajstić information content (AvgIpc) is 3.32. The van der Waals surface area contributed by atoms with Crippen molar-refractivity contribution in [2.24, 2.45) is 0 Å². The van der Waals surface area contributed by atoms with Gasteiger partial charge in [0.2, 0.25) is 0 Å². The molecule has 0 saturated heterocycles. The van der Waals surface area contributed by atoms with Crippen LogP contribution in [0.2, 0.25) is 0 Å². The standard InChI is InChI=1S/C12H11P.2C5H5.2ClH.Fe/c1-3-7-11(8-4-1)13-12-9-5-2-6-10-12;2*1-2-4-5-3-1;;;/h1-10,13H;2*1-3H,4H2;2*1H;/q;;;;;+2/p-2. The quantitative estimate of drug-likeness (QED) is 0.424. The van der Waals surface area contributed by atoms with E-state index >= 15 is 0 Å². The summed E-state index contributed by atoms with van der Waals surface area (Å²) in [5.41, 5.74) is 0. The van der Waals surface area contributed by atoms with E-state index in [1.165, 1.54) is 25.6 Å². The summed E-state index contributed by atoms with van der Waals surface area (Å²) in [6.07, 6.45) is 15.5. The fourth-order valence-electron chi connectivity index (χ4n) is 2.32. The van der Waals surface area contributed by atoms with E-state index in [0.29, 0.717) is 0 Å². The van der Waals surface area contributed by atoms with Crippen LogP contribution in [-0.2, 0) is 15.0 Å². The second kappa shape index (κ2) is 13.2. The van der Waals surface area contributed by atoms with E-state index in [1.54, 1.807) is 8.94 Å². The summed E-state index contributed by atoms with van der Waals surface area (Å²) in [5, 5.41) is 2.79. The van der Waals surface area contributed by atoms with Gasteiger partial charge in [0.15, 0.2) is 0 Å². The molecule has 0 radical (unpaired) electrons. The van der Waals surface area contributed by atoms with Gasteiger partial charge in [0.25, 0.3) is 0 Å². The van der Waals surface area contributed by atoms with Gasteiger partial charge >= 0.3 is 73.2 Å². The van der Waals surface area contributed by atoms with E-state index < -0.39 is 0 Å². The zero-order valence-corrected chi connectivity index (χ0v) is 17.9. The molecular formula is C22H21Cl2FeP. The maximum Gasteiger partial charge on any atom is -0.0226 e. The Morgan fingerprint density at radius 3 is 1.38 bits per heavy atom. The topological polar surface area (TPSA) is 0 Å². The zero-order valence-electron chi connectivity index (χ0n) is 14.3. The minimum Gasteiger partial charge on any atom is -1.00 e. The van der Waals surface area contributed by atoms with Crippen molar-refractivity contribution in [1.82, 2.24) is 0 Å². The Morgan fingerprint density at radius 1 is 0.615 bits per heavy atom. The predicted molar refractivity (Wildman–Crippen MR) is 104 cm³/mol. The van der Waals surface area contributed by atoms with E-state index in [9.17, 15) is 0 Å². The first-order valence-corrected chi connectivity index (χ1v) is 10.2. The molecule has 26 heavy (non-hydrogen) atoms. The molecule has 2 aliphatic rings. The van der Waals surface area contributed by atoms with Crippen LogP contribution in [0, 0.1) is 0 Å². The Balaban J connectivity index is 0.000000244. The summed E-state index contributed by atoms with van der Waals surface area (Å²) in [6, 6.07) is 21.2. The molecular weight excluding hydrogens is 422 g/mol. The Bertz CT molecular complexity index is 700. The van der Waals surface area contributed by atoms with Gasteiger partial charge in [0.05, 0.1) is 0 Å². The van der Waals surface area contributed by atoms with Crippen molar-refractivity contribution in [3.63, 3.8) is 0 Å². The minimum absolute atomic E-state index is 0. The van der Waals surface area contributed by atoms with Crippen LogP contribution in [0.3, 0.4) is 0 Å². The molecule has 0 heterocycles. The van der Waals surface area contributed by atoms with Crippen LogP contribution in [0.1, 0.15) is 12.8 Å². The SMILES string of the molecule is C1=CC[C]([Fe+2][C]2=CC=CC2)=C1.[Cl-].[Cl-].c1ccc(Pc2ccccc2)cc1. The second-order valence-corrected chi connectivity index (χ2v) is 8.50. The van der Waals surface area contributed by atoms with E-state index in [1.807, 2.05) is 0 Å². The normalized spacial score (nSPS) is 13.7. The Morgan fingerprint density at radius 2 is 1.04 bits per heavy atom. The van der Waals surface area contributed by atoms with Crippen molar-refractivity contribution in [2.75, 3.05) is 0 Å². The Kier molecular flexibility index (Phi) is 11.6. The maximum atomic E-state index is 2.24. The van der Waals surface area contributed by atoms with Crippen LogP contribution >= 0.6 is 8.58 Å². The molecule has 4 rings (SSSR count). The third-order valence-corrected chi connectivity index (χ3v) is 6.27. The van der Waals surface area contributed by atoms with Gasteiger partial charge in [0.1, 0.15) is 0 Å². The molecule has 0 nitrogen and oxygen atoms in total. The molecule has 0 aromatic heterocycles. The first-order valence-electron chi connectivity index (χ1n) is 8.11. The number of hydrogen-bond donors (Lipinski definition) is 0. The van der Waals surface area contributed by atoms with Crippen LogP contribution < -0.4 is 35.4 Å². The van der Waals surface area contributed by atoms with Crippen LogP contribution in [-0.4, -0.2) is 0 Å². The van der Waals surface area contributed by atoms with Crippen molar-refractivity contribution in [3.05, 3.63) is 106 Å². The van der Waals surface area contributed by atoms with Gasteiger partial charge in [-0.15, -0.1) is 0 Å². The predicted octanol–water partition coefficient (Wildman–Crippen LogP) is -0.920.